The number of rotatable bonds is 6. The Kier molecular flexibility index (Phi) is 5.57. The summed E-state index contributed by atoms with van der Waals surface area (Å²) < 4.78 is 11.5. The summed E-state index contributed by atoms with van der Waals surface area (Å²) in [5.74, 6) is 1.12. The molecule has 1 amide bonds. The van der Waals surface area contributed by atoms with Crippen LogP contribution in [0.5, 0.6) is 0 Å². The minimum absolute atomic E-state index is 0.0277. The lowest BCUT2D eigenvalue weighted by Crippen LogP contribution is -2.41. The third kappa shape index (κ3) is 3.93. The molecule has 4 unspecified atom stereocenters. The van der Waals surface area contributed by atoms with E-state index in [0.29, 0.717) is 11.7 Å². The predicted octanol–water partition coefficient (Wildman–Crippen LogP) is 2.36. The Hall–Kier alpha value is -0.720. The van der Waals surface area contributed by atoms with Crippen molar-refractivity contribution < 1.29 is 9.00 Å². The van der Waals surface area contributed by atoms with Crippen molar-refractivity contribution in [2.75, 3.05) is 12.0 Å². The zero-order valence-corrected chi connectivity index (χ0v) is 14.7. The molecule has 1 fully saturated rings. The molecule has 4 atom stereocenters. The molecule has 1 saturated heterocycles. The molecule has 0 spiro atoms. The highest BCUT2D eigenvalue weighted by Crippen LogP contribution is 2.32. The number of hydrogen-bond acceptors (Lipinski definition) is 4. The summed E-state index contributed by atoms with van der Waals surface area (Å²) in [4.78, 5) is 15.8. The number of nitrogens with one attached hydrogen (secondary N) is 1. The summed E-state index contributed by atoms with van der Waals surface area (Å²) in [5.41, 5.74) is 0. The summed E-state index contributed by atoms with van der Waals surface area (Å²) in [6, 6.07) is 3.89. The molecular formula is C15H24N2O2S2. The molecule has 1 N–H and O–H groups in total. The first-order valence-corrected chi connectivity index (χ1v) is 9.92. The first-order chi connectivity index (χ1) is 9.90. The van der Waals surface area contributed by atoms with E-state index >= 15 is 0 Å². The van der Waals surface area contributed by atoms with Gasteiger partial charge < -0.3 is 4.90 Å². The molecule has 2 heterocycles. The molecule has 1 aromatic heterocycles. The number of amides is 1. The Morgan fingerprint density at radius 2 is 2.14 bits per heavy atom. The molecule has 0 saturated carbocycles. The number of carbonyl (C=O) groups is 1. The molecule has 1 aliphatic rings. The zero-order valence-electron chi connectivity index (χ0n) is 13.0. The minimum atomic E-state index is -0.909. The van der Waals surface area contributed by atoms with Gasteiger partial charge in [0, 0.05) is 33.7 Å². The normalized spacial score (nSPS) is 25.6. The van der Waals surface area contributed by atoms with Crippen LogP contribution in [0.2, 0.25) is 0 Å². The van der Waals surface area contributed by atoms with Crippen molar-refractivity contribution in [1.29, 1.82) is 0 Å². The topological polar surface area (TPSA) is 49.4 Å². The maximum atomic E-state index is 12.7. The fourth-order valence-electron chi connectivity index (χ4n) is 2.85. The fourth-order valence-corrected chi connectivity index (χ4v) is 4.47. The predicted molar refractivity (Wildman–Crippen MR) is 88.7 cm³/mol. The minimum Gasteiger partial charge on any atom is -0.317 e. The van der Waals surface area contributed by atoms with Gasteiger partial charge in [0.25, 0.3) is 0 Å². The molecule has 0 aromatic carbocycles. The molecule has 0 radical (unpaired) electrons. The highest BCUT2D eigenvalue weighted by molar-refractivity contribution is 7.84. The summed E-state index contributed by atoms with van der Waals surface area (Å²) in [6.45, 7) is 6.24. The van der Waals surface area contributed by atoms with Crippen molar-refractivity contribution >= 4 is 28.0 Å². The summed E-state index contributed by atoms with van der Waals surface area (Å²) >= 11 is 1.65. The van der Waals surface area contributed by atoms with Crippen LogP contribution in [0.3, 0.4) is 0 Å². The average molecular weight is 329 g/mol. The van der Waals surface area contributed by atoms with Crippen LogP contribution >= 0.6 is 11.3 Å². The quantitative estimate of drug-likeness (QED) is 0.872. The fraction of sp³-hybridized carbons (Fsp3) is 0.667. The van der Waals surface area contributed by atoms with Crippen LogP contribution in [0.4, 0.5) is 0 Å². The van der Waals surface area contributed by atoms with E-state index in [1.54, 1.807) is 17.6 Å². The molecule has 6 heteroatoms. The smallest absolute Gasteiger partial charge is 0.241 e. The Balaban J connectivity index is 2.23. The zero-order chi connectivity index (χ0) is 15.6. The van der Waals surface area contributed by atoms with Gasteiger partial charge in [-0.2, -0.15) is 0 Å². The van der Waals surface area contributed by atoms with Gasteiger partial charge in [-0.1, -0.05) is 19.9 Å². The third-order valence-corrected chi connectivity index (χ3v) is 5.54. The Morgan fingerprint density at radius 1 is 1.43 bits per heavy atom. The van der Waals surface area contributed by atoms with Crippen LogP contribution in [0, 0.1) is 5.92 Å². The molecule has 21 heavy (non-hydrogen) atoms. The van der Waals surface area contributed by atoms with E-state index in [1.807, 2.05) is 23.3 Å². The molecule has 118 valence electrons. The molecule has 4 nitrogen and oxygen atoms in total. The highest BCUT2D eigenvalue weighted by Gasteiger charge is 2.42. The number of hydrogen-bond donors (Lipinski definition) is 1. The van der Waals surface area contributed by atoms with E-state index in [9.17, 15) is 9.00 Å². The third-order valence-electron chi connectivity index (χ3n) is 3.66. The van der Waals surface area contributed by atoms with Gasteiger partial charge in [-0.05, 0) is 30.7 Å². The number of thiophene rings is 1. The lowest BCUT2D eigenvalue weighted by Gasteiger charge is -2.29. The maximum Gasteiger partial charge on any atom is 0.241 e. The van der Waals surface area contributed by atoms with Gasteiger partial charge in [0.05, 0.1) is 6.04 Å². The molecular weight excluding hydrogens is 304 g/mol. The van der Waals surface area contributed by atoms with Gasteiger partial charge in [-0.25, -0.2) is 0 Å². The van der Waals surface area contributed by atoms with Crippen molar-refractivity contribution in [2.24, 2.45) is 5.92 Å². The van der Waals surface area contributed by atoms with Crippen LogP contribution < -0.4 is 5.32 Å². The molecule has 0 aliphatic carbocycles. The first kappa shape index (κ1) is 16.6. The summed E-state index contributed by atoms with van der Waals surface area (Å²) in [6.07, 6.45) is 2.44. The van der Waals surface area contributed by atoms with Gasteiger partial charge in [-0.3, -0.25) is 14.3 Å². The second-order valence-corrected chi connectivity index (χ2v) is 8.56. The van der Waals surface area contributed by atoms with Gasteiger partial charge in [0.2, 0.25) is 5.91 Å². The van der Waals surface area contributed by atoms with Gasteiger partial charge in [-0.15, -0.1) is 11.3 Å². The van der Waals surface area contributed by atoms with E-state index < -0.39 is 10.8 Å². The SMILES string of the molecule is CC(C)CC1NC(c2cccs2)N(C(C)CS(C)=O)C1=O. The second-order valence-electron chi connectivity index (χ2n) is 6.10. The maximum absolute atomic E-state index is 12.7. The van der Waals surface area contributed by atoms with E-state index in [0.717, 1.165) is 11.3 Å². The van der Waals surface area contributed by atoms with E-state index in [1.165, 1.54) is 0 Å². The van der Waals surface area contributed by atoms with E-state index in [-0.39, 0.29) is 24.2 Å². The van der Waals surface area contributed by atoms with Crippen LogP contribution in [0.15, 0.2) is 17.5 Å². The van der Waals surface area contributed by atoms with Gasteiger partial charge >= 0.3 is 0 Å². The Morgan fingerprint density at radius 3 is 2.67 bits per heavy atom. The Labute approximate surface area is 133 Å². The standard InChI is InChI=1S/C15H24N2O2S2/c1-10(2)8-12-15(18)17(11(3)9-21(4)19)14(16-12)13-6-5-7-20-13/h5-7,10-12,14,16H,8-9H2,1-4H3. The van der Waals surface area contributed by atoms with Crippen LogP contribution in [-0.2, 0) is 15.6 Å². The monoisotopic (exact) mass is 328 g/mol. The van der Waals surface area contributed by atoms with Gasteiger partial charge in [0.1, 0.15) is 6.17 Å². The van der Waals surface area contributed by atoms with Crippen molar-refractivity contribution in [3.63, 3.8) is 0 Å². The second kappa shape index (κ2) is 7.03. The number of nitrogens with zero attached hydrogens (tertiary/aromatic N) is 1. The lowest BCUT2D eigenvalue weighted by atomic mass is 10.0. The molecule has 2 rings (SSSR count). The van der Waals surface area contributed by atoms with E-state index in [4.69, 9.17) is 0 Å². The van der Waals surface area contributed by atoms with Crippen molar-refractivity contribution in [1.82, 2.24) is 10.2 Å². The molecule has 1 aromatic rings. The van der Waals surface area contributed by atoms with Gasteiger partial charge in [0.15, 0.2) is 0 Å². The molecule has 1 aliphatic heterocycles. The summed E-state index contributed by atoms with van der Waals surface area (Å²) in [5, 5.41) is 5.49. The lowest BCUT2D eigenvalue weighted by molar-refractivity contribution is -0.131. The van der Waals surface area contributed by atoms with Crippen LogP contribution in [-0.4, -0.2) is 39.1 Å². The largest absolute Gasteiger partial charge is 0.317 e. The van der Waals surface area contributed by atoms with Crippen LogP contribution in [0.1, 0.15) is 38.2 Å². The average Bonchev–Trinajstić information content (AvgIpc) is 2.96. The summed E-state index contributed by atoms with van der Waals surface area (Å²) in [7, 11) is -0.909. The Bertz CT molecular complexity index is 502. The number of carbonyl (C=O) groups excluding carboxylic acids is 1. The van der Waals surface area contributed by atoms with Crippen LogP contribution in [0.25, 0.3) is 0 Å². The highest BCUT2D eigenvalue weighted by atomic mass is 32.2. The molecule has 0 bridgehead atoms. The van der Waals surface area contributed by atoms with Crippen molar-refractivity contribution in [3.05, 3.63) is 22.4 Å². The first-order valence-electron chi connectivity index (χ1n) is 7.31. The van der Waals surface area contributed by atoms with Crippen molar-refractivity contribution in [3.8, 4) is 0 Å². The van der Waals surface area contributed by atoms with E-state index in [2.05, 4.69) is 25.2 Å². The van der Waals surface area contributed by atoms with Crippen molar-refractivity contribution in [2.45, 2.75) is 45.4 Å².